The molecule has 0 radical (unpaired) electrons. The molecule has 100 valence electrons. The van der Waals surface area contributed by atoms with Gasteiger partial charge in [-0.2, -0.15) is 4.98 Å². The van der Waals surface area contributed by atoms with E-state index in [9.17, 15) is 8.78 Å². The van der Waals surface area contributed by atoms with Crippen molar-refractivity contribution in [1.29, 1.82) is 0 Å². The highest BCUT2D eigenvalue weighted by Gasteiger charge is 2.23. The first-order chi connectivity index (χ1) is 9.13. The predicted octanol–water partition coefficient (Wildman–Crippen LogP) is 1.29. The quantitative estimate of drug-likeness (QED) is 0.858. The van der Waals surface area contributed by atoms with Crippen molar-refractivity contribution in [2.45, 2.75) is 12.5 Å². The monoisotopic (exact) mass is 265 g/mol. The molecular formula is C12H13F2N5. The third-order valence-electron chi connectivity index (χ3n) is 3.17. The van der Waals surface area contributed by atoms with E-state index in [4.69, 9.17) is 5.73 Å². The average molecular weight is 265 g/mol. The number of anilines is 1. The molecule has 1 aliphatic heterocycles. The van der Waals surface area contributed by atoms with Crippen molar-refractivity contribution in [2.24, 2.45) is 5.73 Å². The molecular weight excluding hydrogens is 252 g/mol. The van der Waals surface area contributed by atoms with Crippen molar-refractivity contribution < 1.29 is 8.78 Å². The minimum atomic E-state index is -0.666. The Morgan fingerprint density at radius 3 is 2.89 bits per heavy atom. The predicted molar refractivity (Wildman–Crippen MR) is 66.5 cm³/mol. The molecule has 1 aromatic carbocycles. The van der Waals surface area contributed by atoms with E-state index in [-0.39, 0.29) is 17.4 Å². The topological polar surface area (TPSA) is 70.8 Å². The van der Waals surface area contributed by atoms with Gasteiger partial charge in [-0.05, 0) is 18.6 Å². The molecule has 5 nitrogen and oxygen atoms in total. The van der Waals surface area contributed by atoms with Crippen LogP contribution >= 0.6 is 0 Å². The summed E-state index contributed by atoms with van der Waals surface area (Å²) in [5.74, 6) is -0.507. The number of rotatable bonds is 2. The Morgan fingerprint density at radius 1 is 1.37 bits per heavy atom. The van der Waals surface area contributed by atoms with Gasteiger partial charge in [-0.25, -0.2) is 8.78 Å². The Bertz CT molecular complexity index is 598. The van der Waals surface area contributed by atoms with Crippen molar-refractivity contribution in [3.8, 4) is 11.4 Å². The summed E-state index contributed by atoms with van der Waals surface area (Å²) in [6.45, 7) is 1.47. The number of halogens is 2. The first-order valence-corrected chi connectivity index (χ1v) is 6.02. The van der Waals surface area contributed by atoms with E-state index >= 15 is 0 Å². The summed E-state index contributed by atoms with van der Waals surface area (Å²) >= 11 is 0. The van der Waals surface area contributed by atoms with E-state index in [1.165, 1.54) is 12.1 Å². The van der Waals surface area contributed by atoms with E-state index in [0.717, 1.165) is 19.0 Å². The van der Waals surface area contributed by atoms with Crippen molar-refractivity contribution in [1.82, 2.24) is 15.2 Å². The van der Waals surface area contributed by atoms with Gasteiger partial charge in [0.2, 0.25) is 5.95 Å². The smallest absolute Gasteiger partial charge is 0.245 e. The van der Waals surface area contributed by atoms with Gasteiger partial charge in [-0.3, -0.25) is 5.10 Å². The van der Waals surface area contributed by atoms with E-state index in [1.54, 1.807) is 0 Å². The number of aromatic nitrogens is 3. The van der Waals surface area contributed by atoms with Crippen molar-refractivity contribution >= 4 is 5.95 Å². The SMILES string of the molecule is NC1CCN(c2n[nH]c(-c3ccc(F)cc3F)n2)C1. The van der Waals surface area contributed by atoms with Gasteiger partial charge < -0.3 is 10.6 Å². The zero-order chi connectivity index (χ0) is 13.4. The van der Waals surface area contributed by atoms with Crippen LogP contribution < -0.4 is 10.6 Å². The molecule has 0 aliphatic carbocycles. The number of hydrogen-bond donors (Lipinski definition) is 2. The Hall–Kier alpha value is -2.02. The van der Waals surface area contributed by atoms with Gasteiger partial charge in [0.15, 0.2) is 5.82 Å². The van der Waals surface area contributed by atoms with Crippen LogP contribution in [-0.2, 0) is 0 Å². The van der Waals surface area contributed by atoms with Gasteiger partial charge >= 0.3 is 0 Å². The van der Waals surface area contributed by atoms with Gasteiger partial charge in [0.25, 0.3) is 0 Å². The Morgan fingerprint density at radius 2 is 2.21 bits per heavy atom. The van der Waals surface area contributed by atoms with Crippen LogP contribution in [0, 0.1) is 11.6 Å². The lowest BCUT2D eigenvalue weighted by molar-refractivity contribution is 0.585. The highest BCUT2D eigenvalue weighted by atomic mass is 19.1. The summed E-state index contributed by atoms with van der Waals surface area (Å²) in [5, 5.41) is 6.71. The Balaban J connectivity index is 1.88. The molecule has 2 heterocycles. The van der Waals surface area contributed by atoms with Crippen LogP contribution in [0.3, 0.4) is 0 Å². The van der Waals surface area contributed by atoms with Crippen LogP contribution in [0.15, 0.2) is 18.2 Å². The van der Waals surface area contributed by atoms with Gasteiger partial charge in [0.1, 0.15) is 11.6 Å². The molecule has 19 heavy (non-hydrogen) atoms. The molecule has 2 aromatic rings. The van der Waals surface area contributed by atoms with E-state index in [0.29, 0.717) is 12.5 Å². The molecule has 1 unspecified atom stereocenters. The van der Waals surface area contributed by atoms with E-state index in [2.05, 4.69) is 15.2 Å². The number of nitrogens with one attached hydrogen (secondary N) is 1. The molecule has 0 saturated carbocycles. The molecule has 0 amide bonds. The van der Waals surface area contributed by atoms with E-state index < -0.39 is 11.6 Å². The molecule has 1 aromatic heterocycles. The molecule has 1 atom stereocenters. The van der Waals surface area contributed by atoms with E-state index in [1.807, 2.05) is 4.90 Å². The number of nitrogens with two attached hydrogens (primary N) is 1. The summed E-state index contributed by atoms with van der Waals surface area (Å²) in [6.07, 6.45) is 0.884. The maximum atomic E-state index is 13.6. The second-order valence-electron chi connectivity index (χ2n) is 4.60. The minimum Gasteiger partial charge on any atom is -0.338 e. The highest BCUT2D eigenvalue weighted by molar-refractivity contribution is 5.57. The summed E-state index contributed by atoms with van der Waals surface area (Å²) in [7, 11) is 0. The summed E-state index contributed by atoms with van der Waals surface area (Å²) in [5.41, 5.74) is 6.01. The summed E-state index contributed by atoms with van der Waals surface area (Å²) < 4.78 is 26.5. The molecule has 7 heteroatoms. The summed E-state index contributed by atoms with van der Waals surface area (Å²) in [4.78, 5) is 6.17. The number of aromatic amines is 1. The fourth-order valence-corrected chi connectivity index (χ4v) is 2.17. The minimum absolute atomic E-state index is 0.115. The molecule has 0 bridgehead atoms. The number of hydrogen-bond acceptors (Lipinski definition) is 4. The average Bonchev–Trinajstić information content (AvgIpc) is 2.97. The highest BCUT2D eigenvalue weighted by Crippen LogP contribution is 2.23. The van der Waals surface area contributed by atoms with Crippen LogP contribution in [-0.4, -0.2) is 34.3 Å². The standard InChI is InChI=1S/C12H13F2N5/c13-7-1-2-9(10(14)5-7)11-16-12(18-17-11)19-4-3-8(15)6-19/h1-2,5,8H,3-4,6,15H2,(H,16,17,18). The molecule has 1 saturated heterocycles. The Labute approximate surface area is 108 Å². The molecule has 1 fully saturated rings. The van der Waals surface area contributed by atoms with Gasteiger partial charge in [0, 0.05) is 25.2 Å². The summed E-state index contributed by atoms with van der Waals surface area (Å²) in [6, 6.07) is 3.46. The fourth-order valence-electron chi connectivity index (χ4n) is 2.17. The van der Waals surface area contributed by atoms with Crippen molar-refractivity contribution in [3.63, 3.8) is 0 Å². The zero-order valence-corrected chi connectivity index (χ0v) is 10.1. The van der Waals surface area contributed by atoms with Crippen LogP contribution in [0.1, 0.15) is 6.42 Å². The number of H-pyrrole nitrogens is 1. The Kier molecular flexibility index (Phi) is 2.90. The number of nitrogens with zero attached hydrogens (tertiary/aromatic N) is 3. The molecule has 0 spiro atoms. The zero-order valence-electron chi connectivity index (χ0n) is 10.1. The van der Waals surface area contributed by atoms with Gasteiger partial charge in [0.05, 0.1) is 5.56 Å². The van der Waals surface area contributed by atoms with Crippen molar-refractivity contribution in [2.75, 3.05) is 18.0 Å². The largest absolute Gasteiger partial charge is 0.338 e. The first kappa shape index (κ1) is 12.0. The third kappa shape index (κ3) is 2.28. The van der Waals surface area contributed by atoms with Crippen LogP contribution in [0.2, 0.25) is 0 Å². The maximum Gasteiger partial charge on any atom is 0.245 e. The maximum absolute atomic E-state index is 13.6. The lowest BCUT2D eigenvalue weighted by Crippen LogP contribution is -2.26. The molecule has 3 rings (SSSR count). The van der Waals surface area contributed by atoms with Crippen LogP contribution in [0.25, 0.3) is 11.4 Å². The van der Waals surface area contributed by atoms with Crippen LogP contribution in [0.5, 0.6) is 0 Å². The lowest BCUT2D eigenvalue weighted by atomic mass is 10.2. The van der Waals surface area contributed by atoms with Gasteiger partial charge in [-0.15, -0.1) is 5.10 Å². The normalized spacial score (nSPS) is 19.1. The molecule has 3 N–H and O–H groups in total. The van der Waals surface area contributed by atoms with Crippen molar-refractivity contribution in [3.05, 3.63) is 29.8 Å². The fraction of sp³-hybridized carbons (Fsp3) is 0.333. The number of benzene rings is 1. The lowest BCUT2D eigenvalue weighted by Gasteiger charge is -2.11. The third-order valence-corrected chi connectivity index (χ3v) is 3.17. The second kappa shape index (κ2) is 4.58. The molecule has 1 aliphatic rings. The van der Waals surface area contributed by atoms with Crippen LogP contribution in [0.4, 0.5) is 14.7 Å². The first-order valence-electron chi connectivity index (χ1n) is 6.02. The van der Waals surface area contributed by atoms with Gasteiger partial charge in [-0.1, -0.05) is 0 Å². The second-order valence-corrected chi connectivity index (χ2v) is 4.60.